The van der Waals surface area contributed by atoms with Gasteiger partial charge in [-0.15, -0.1) is 0 Å². The highest BCUT2D eigenvalue weighted by molar-refractivity contribution is 9.10. The third-order valence-corrected chi connectivity index (χ3v) is 2.82. The first-order valence-electron chi connectivity index (χ1n) is 4.39. The molecule has 1 aliphatic rings. The molecule has 0 N–H and O–H groups in total. The van der Waals surface area contributed by atoms with Crippen molar-refractivity contribution in [2.45, 2.75) is 6.92 Å². The second-order valence-electron chi connectivity index (χ2n) is 3.22. The summed E-state index contributed by atoms with van der Waals surface area (Å²) in [5, 5.41) is 0. The summed E-state index contributed by atoms with van der Waals surface area (Å²) in [6.45, 7) is 3.09. The van der Waals surface area contributed by atoms with Crippen molar-refractivity contribution in [3.05, 3.63) is 28.2 Å². The molecule has 2 rings (SSSR count). The Bertz CT molecular complexity index is 378. The quantitative estimate of drug-likeness (QED) is 0.773. The number of aryl methyl sites for hydroxylation is 1. The highest BCUT2D eigenvalue weighted by atomic mass is 79.9. The highest BCUT2D eigenvalue weighted by Crippen LogP contribution is 2.29. The van der Waals surface area contributed by atoms with Crippen LogP contribution in [0.1, 0.15) is 5.56 Å². The van der Waals surface area contributed by atoms with Gasteiger partial charge in [0, 0.05) is 4.47 Å². The molecule has 0 aromatic heterocycles. The molecule has 0 unspecified atom stereocenters. The fourth-order valence-electron chi connectivity index (χ4n) is 1.44. The smallest absolute Gasteiger partial charge is 0.414 e. The number of anilines is 1. The summed E-state index contributed by atoms with van der Waals surface area (Å²) in [7, 11) is 0. The normalized spacial score (nSPS) is 15.9. The van der Waals surface area contributed by atoms with E-state index in [0.29, 0.717) is 13.2 Å². The maximum atomic E-state index is 11.3. The Balaban J connectivity index is 2.39. The van der Waals surface area contributed by atoms with Crippen LogP contribution >= 0.6 is 15.9 Å². The molecule has 0 bridgehead atoms. The standard InChI is InChI=1S/C10H10BrNO2/c1-7-2-3-8(11)9(6-7)12-4-5-14-10(12)13/h2-3,6H,4-5H2,1H3. The zero-order valence-corrected chi connectivity index (χ0v) is 9.37. The van der Waals surface area contributed by atoms with Gasteiger partial charge in [0.15, 0.2) is 0 Å². The zero-order chi connectivity index (χ0) is 10.1. The predicted octanol–water partition coefficient (Wildman–Crippen LogP) is 2.71. The number of carbonyl (C=O) groups is 1. The van der Waals surface area contributed by atoms with Crippen LogP contribution in [0.5, 0.6) is 0 Å². The third kappa shape index (κ3) is 1.62. The van der Waals surface area contributed by atoms with Crippen LogP contribution in [-0.4, -0.2) is 19.2 Å². The van der Waals surface area contributed by atoms with Crippen LogP contribution in [-0.2, 0) is 4.74 Å². The fourth-order valence-corrected chi connectivity index (χ4v) is 1.90. The minimum atomic E-state index is -0.267. The van der Waals surface area contributed by atoms with E-state index < -0.39 is 0 Å². The molecule has 3 nitrogen and oxygen atoms in total. The van der Waals surface area contributed by atoms with E-state index in [4.69, 9.17) is 4.74 Å². The molecule has 1 aromatic carbocycles. The Morgan fingerprint density at radius 1 is 1.50 bits per heavy atom. The van der Waals surface area contributed by atoms with Crippen molar-refractivity contribution in [1.82, 2.24) is 0 Å². The largest absolute Gasteiger partial charge is 0.447 e. The van der Waals surface area contributed by atoms with Crippen molar-refractivity contribution in [3.8, 4) is 0 Å². The van der Waals surface area contributed by atoms with Crippen molar-refractivity contribution >= 4 is 27.7 Å². The van der Waals surface area contributed by atoms with Crippen LogP contribution in [0.2, 0.25) is 0 Å². The van der Waals surface area contributed by atoms with Crippen LogP contribution < -0.4 is 4.90 Å². The average Bonchev–Trinajstić information content (AvgIpc) is 2.56. The van der Waals surface area contributed by atoms with E-state index in [1.165, 1.54) is 0 Å². The van der Waals surface area contributed by atoms with Gasteiger partial charge < -0.3 is 4.74 Å². The molecule has 1 amide bonds. The summed E-state index contributed by atoms with van der Waals surface area (Å²) in [6, 6.07) is 5.90. The monoisotopic (exact) mass is 255 g/mol. The Kier molecular flexibility index (Phi) is 2.46. The van der Waals surface area contributed by atoms with E-state index >= 15 is 0 Å². The van der Waals surface area contributed by atoms with Crippen molar-refractivity contribution in [1.29, 1.82) is 0 Å². The number of rotatable bonds is 1. The van der Waals surface area contributed by atoms with Gasteiger partial charge in [-0.25, -0.2) is 4.79 Å². The summed E-state index contributed by atoms with van der Waals surface area (Å²) < 4.78 is 5.80. The summed E-state index contributed by atoms with van der Waals surface area (Å²) in [5.41, 5.74) is 2.01. The molecule has 4 heteroatoms. The van der Waals surface area contributed by atoms with Crippen LogP contribution in [0.4, 0.5) is 10.5 Å². The number of nitrogens with zero attached hydrogens (tertiary/aromatic N) is 1. The van der Waals surface area contributed by atoms with Crippen molar-refractivity contribution in [3.63, 3.8) is 0 Å². The van der Waals surface area contributed by atoms with Crippen molar-refractivity contribution in [2.75, 3.05) is 18.1 Å². The Labute approximate surface area is 90.8 Å². The Morgan fingerprint density at radius 2 is 2.29 bits per heavy atom. The molecule has 0 radical (unpaired) electrons. The molecule has 14 heavy (non-hydrogen) atoms. The van der Waals surface area contributed by atoms with Gasteiger partial charge in [-0.3, -0.25) is 4.90 Å². The number of ether oxygens (including phenoxy) is 1. The lowest BCUT2D eigenvalue weighted by atomic mass is 10.2. The molecule has 0 spiro atoms. The molecular weight excluding hydrogens is 246 g/mol. The molecule has 0 aliphatic carbocycles. The molecule has 1 fully saturated rings. The Morgan fingerprint density at radius 3 is 2.93 bits per heavy atom. The number of hydrogen-bond donors (Lipinski definition) is 0. The van der Waals surface area contributed by atoms with E-state index in [0.717, 1.165) is 15.7 Å². The van der Waals surface area contributed by atoms with Crippen LogP contribution in [0, 0.1) is 6.92 Å². The molecule has 0 saturated carbocycles. The van der Waals surface area contributed by atoms with Gasteiger partial charge in [-0.1, -0.05) is 6.07 Å². The molecule has 1 aromatic rings. The van der Waals surface area contributed by atoms with Gasteiger partial charge in [-0.2, -0.15) is 0 Å². The summed E-state index contributed by atoms with van der Waals surface area (Å²) >= 11 is 3.42. The van der Waals surface area contributed by atoms with Crippen molar-refractivity contribution < 1.29 is 9.53 Å². The lowest BCUT2D eigenvalue weighted by Gasteiger charge is -2.14. The topological polar surface area (TPSA) is 29.5 Å². The second-order valence-corrected chi connectivity index (χ2v) is 4.08. The maximum Gasteiger partial charge on any atom is 0.414 e. The number of cyclic esters (lactones) is 1. The minimum Gasteiger partial charge on any atom is -0.447 e. The zero-order valence-electron chi connectivity index (χ0n) is 7.79. The third-order valence-electron chi connectivity index (χ3n) is 2.15. The van der Waals surface area contributed by atoms with Gasteiger partial charge in [-0.05, 0) is 40.5 Å². The first kappa shape index (κ1) is 9.52. The fraction of sp³-hybridized carbons (Fsp3) is 0.300. The highest BCUT2D eigenvalue weighted by Gasteiger charge is 2.24. The van der Waals surface area contributed by atoms with Gasteiger partial charge in [0.2, 0.25) is 0 Å². The minimum absolute atomic E-state index is 0.267. The van der Waals surface area contributed by atoms with E-state index in [-0.39, 0.29) is 6.09 Å². The molecular formula is C10H10BrNO2. The van der Waals surface area contributed by atoms with E-state index in [1.54, 1.807) is 4.90 Å². The van der Waals surface area contributed by atoms with Crippen molar-refractivity contribution in [2.24, 2.45) is 0 Å². The second kappa shape index (κ2) is 3.61. The number of halogens is 1. The van der Waals surface area contributed by atoms with E-state index in [1.807, 2.05) is 25.1 Å². The van der Waals surface area contributed by atoms with E-state index in [9.17, 15) is 4.79 Å². The number of carbonyl (C=O) groups excluding carboxylic acids is 1. The van der Waals surface area contributed by atoms with Crippen LogP contribution in [0.25, 0.3) is 0 Å². The molecule has 74 valence electrons. The first-order chi connectivity index (χ1) is 6.68. The number of benzene rings is 1. The SMILES string of the molecule is Cc1ccc(Br)c(N2CCOC2=O)c1. The summed E-state index contributed by atoms with van der Waals surface area (Å²) in [4.78, 5) is 13.0. The molecule has 1 saturated heterocycles. The lowest BCUT2D eigenvalue weighted by Crippen LogP contribution is -2.23. The Hall–Kier alpha value is -1.03. The van der Waals surface area contributed by atoms with Gasteiger partial charge in [0.25, 0.3) is 0 Å². The van der Waals surface area contributed by atoms with Crippen LogP contribution in [0.15, 0.2) is 22.7 Å². The summed E-state index contributed by atoms with van der Waals surface area (Å²) in [5.74, 6) is 0. The first-order valence-corrected chi connectivity index (χ1v) is 5.18. The van der Waals surface area contributed by atoms with E-state index in [2.05, 4.69) is 15.9 Å². The lowest BCUT2D eigenvalue weighted by molar-refractivity contribution is 0.181. The molecule has 0 atom stereocenters. The molecule has 1 aliphatic heterocycles. The summed E-state index contributed by atoms with van der Waals surface area (Å²) in [6.07, 6.45) is -0.267. The van der Waals surface area contributed by atoms with Crippen LogP contribution in [0.3, 0.4) is 0 Å². The molecule has 1 heterocycles. The maximum absolute atomic E-state index is 11.3. The predicted molar refractivity (Wildman–Crippen MR) is 57.6 cm³/mol. The van der Waals surface area contributed by atoms with Gasteiger partial charge >= 0.3 is 6.09 Å². The number of amides is 1. The van der Waals surface area contributed by atoms with Gasteiger partial charge in [0.1, 0.15) is 6.61 Å². The average molecular weight is 256 g/mol. The number of hydrogen-bond acceptors (Lipinski definition) is 2. The van der Waals surface area contributed by atoms with Gasteiger partial charge in [0.05, 0.1) is 12.2 Å².